The molecule has 4 heteroatoms. The molecule has 20 heavy (non-hydrogen) atoms. The Hall–Kier alpha value is -1.68. The van der Waals surface area contributed by atoms with Crippen molar-refractivity contribution >= 4 is 0 Å². The van der Waals surface area contributed by atoms with Gasteiger partial charge in [-0.2, -0.15) is 5.10 Å². The Morgan fingerprint density at radius 2 is 1.95 bits per heavy atom. The van der Waals surface area contributed by atoms with Crippen LogP contribution in [0, 0.1) is 0 Å². The average Bonchev–Trinajstić information content (AvgIpc) is 3.15. The highest BCUT2D eigenvalue weighted by molar-refractivity contribution is 5.10. The minimum absolute atomic E-state index is 0.639. The van der Waals surface area contributed by atoms with E-state index in [4.69, 9.17) is 0 Å². The first-order valence-electron chi connectivity index (χ1n) is 7.55. The molecule has 0 spiro atoms. The molecule has 0 bridgehead atoms. The zero-order valence-corrected chi connectivity index (χ0v) is 11.8. The van der Waals surface area contributed by atoms with Crippen LogP contribution in [0.2, 0.25) is 0 Å². The summed E-state index contributed by atoms with van der Waals surface area (Å²) < 4.78 is 2.16. The fourth-order valence-corrected chi connectivity index (χ4v) is 2.84. The minimum Gasteiger partial charge on any atom is -0.311 e. The molecule has 1 N–H and O–H groups in total. The van der Waals surface area contributed by atoms with Gasteiger partial charge in [-0.05, 0) is 49.6 Å². The average molecular weight is 270 g/mol. The van der Waals surface area contributed by atoms with Gasteiger partial charge >= 0.3 is 0 Å². The second-order valence-electron chi connectivity index (χ2n) is 5.51. The van der Waals surface area contributed by atoms with Crippen molar-refractivity contribution in [3.63, 3.8) is 0 Å². The standard InChI is InChI=1S/C16H22N4/c1-2-4-16(3-1)20-12-8-15(19-20)13-18-11-7-14-5-9-17-10-6-14/h5-6,8-10,12,16,18H,1-4,7,11,13H2. The van der Waals surface area contributed by atoms with Gasteiger partial charge in [-0.1, -0.05) is 12.8 Å². The number of rotatable bonds is 6. The van der Waals surface area contributed by atoms with Crippen LogP contribution in [0.4, 0.5) is 0 Å². The van der Waals surface area contributed by atoms with Crippen LogP contribution in [-0.2, 0) is 13.0 Å². The topological polar surface area (TPSA) is 42.7 Å². The third-order valence-corrected chi connectivity index (χ3v) is 4.01. The van der Waals surface area contributed by atoms with Crippen molar-refractivity contribution in [1.82, 2.24) is 20.1 Å². The van der Waals surface area contributed by atoms with Crippen molar-refractivity contribution in [3.05, 3.63) is 48.0 Å². The molecule has 1 fully saturated rings. The first kappa shape index (κ1) is 13.3. The molecular weight excluding hydrogens is 248 g/mol. The summed E-state index contributed by atoms with van der Waals surface area (Å²) in [7, 11) is 0. The Morgan fingerprint density at radius 3 is 2.75 bits per heavy atom. The van der Waals surface area contributed by atoms with Gasteiger partial charge in [0.25, 0.3) is 0 Å². The summed E-state index contributed by atoms with van der Waals surface area (Å²) in [6, 6.07) is 6.91. The Bertz CT molecular complexity index is 514. The SMILES string of the molecule is c1cc(CCNCc2ccn(C3CCCC3)n2)ccn1. The summed E-state index contributed by atoms with van der Waals surface area (Å²) in [6.07, 6.45) is 12.1. The first-order chi connectivity index (χ1) is 9.92. The van der Waals surface area contributed by atoms with Gasteiger partial charge in [0.15, 0.2) is 0 Å². The summed E-state index contributed by atoms with van der Waals surface area (Å²) in [5.74, 6) is 0. The zero-order valence-electron chi connectivity index (χ0n) is 11.8. The van der Waals surface area contributed by atoms with Gasteiger partial charge in [0, 0.05) is 25.1 Å². The molecular formula is C16H22N4. The first-order valence-corrected chi connectivity index (χ1v) is 7.55. The van der Waals surface area contributed by atoms with Crippen LogP contribution in [-0.4, -0.2) is 21.3 Å². The summed E-state index contributed by atoms with van der Waals surface area (Å²) in [5.41, 5.74) is 2.47. The summed E-state index contributed by atoms with van der Waals surface area (Å²) >= 11 is 0. The molecule has 2 aromatic rings. The molecule has 0 aliphatic heterocycles. The molecule has 1 saturated carbocycles. The van der Waals surface area contributed by atoms with Gasteiger partial charge in [-0.15, -0.1) is 0 Å². The van der Waals surface area contributed by atoms with Crippen LogP contribution in [0.15, 0.2) is 36.8 Å². The molecule has 0 saturated heterocycles. The Labute approximate surface area is 120 Å². The molecule has 1 aliphatic carbocycles. The summed E-state index contributed by atoms with van der Waals surface area (Å²) in [6.45, 7) is 1.82. The fraction of sp³-hybridized carbons (Fsp3) is 0.500. The van der Waals surface area contributed by atoms with Gasteiger partial charge in [-0.25, -0.2) is 0 Å². The molecule has 2 heterocycles. The summed E-state index contributed by atoms with van der Waals surface area (Å²) in [5, 5.41) is 8.14. The maximum absolute atomic E-state index is 4.68. The summed E-state index contributed by atoms with van der Waals surface area (Å²) in [4.78, 5) is 4.03. The lowest BCUT2D eigenvalue weighted by Gasteiger charge is -2.09. The third kappa shape index (κ3) is 3.45. The minimum atomic E-state index is 0.639. The van der Waals surface area contributed by atoms with E-state index in [2.05, 4.69) is 44.5 Å². The van der Waals surface area contributed by atoms with Gasteiger partial charge < -0.3 is 5.32 Å². The number of nitrogens with one attached hydrogen (secondary N) is 1. The predicted molar refractivity (Wildman–Crippen MR) is 79.4 cm³/mol. The lowest BCUT2D eigenvalue weighted by molar-refractivity contribution is 0.461. The van der Waals surface area contributed by atoms with Crippen LogP contribution < -0.4 is 5.32 Å². The molecule has 0 radical (unpaired) electrons. The van der Waals surface area contributed by atoms with Crippen molar-refractivity contribution in [3.8, 4) is 0 Å². The quantitative estimate of drug-likeness (QED) is 0.821. The zero-order chi connectivity index (χ0) is 13.6. The van der Waals surface area contributed by atoms with Crippen LogP contribution >= 0.6 is 0 Å². The Kier molecular flexibility index (Phi) is 4.43. The van der Waals surface area contributed by atoms with Gasteiger partial charge in [0.2, 0.25) is 0 Å². The number of hydrogen-bond donors (Lipinski definition) is 1. The maximum Gasteiger partial charge on any atom is 0.0762 e. The van der Waals surface area contributed by atoms with Crippen molar-refractivity contribution in [2.24, 2.45) is 0 Å². The highest BCUT2D eigenvalue weighted by Crippen LogP contribution is 2.28. The predicted octanol–water partition coefficient (Wildman–Crippen LogP) is 2.73. The normalized spacial score (nSPS) is 15.8. The molecule has 1 aliphatic rings. The van der Waals surface area contributed by atoms with Crippen LogP contribution in [0.1, 0.15) is 43.0 Å². The fourth-order valence-electron chi connectivity index (χ4n) is 2.84. The van der Waals surface area contributed by atoms with Gasteiger partial charge in [-0.3, -0.25) is 9.67 Å². The van der Waals surface area contributed by atoms with E-state index in [0.29, 0.717) is 6.04 Å². The third-order valence-electron chi connectivity index (χ3n) is 4.01. The second-order valence-corrected chi connectivity index (χ2v) is 5.51. The lowest BCUT2D eigenvalue weighted by Crippen LogP contribution is -2.17. The highest BCUT2D eigenvalue weighted by atomic mass is 15.3. The van der Waals surface area contributed by atoms with E-state index >= 15 is 0 Å². The lowest BCUT2D eigenvalue weighted by atomic mass is 10.2. The molecule has 0 aromatic carbocycles. The second kappa shape index (κ2) is 6.66. The van der Waals surface area contributed by atoms with Gasteiger partial charge in [0.1, 0.15) is 0 Å². The molecule has 4 nitrogen and oxygen atoms in total. The van der Waals surface area contributed by atoms with Crippen LogP contribution in [0.5, 0.6) is 0 Å². The van der Waals surface area contributed by atoms with E-state index in [9.17, 15) is 0 Å². The van der Waals surface area contributed by atoms with Crippen LogP contribution in [0.3, 0.4) is 0 Å². The smallest absolute Gasteiger partial charge is 0.0762 e. The van der Waals surface area contributed by atoms with Crippen molar-refractivity contribution in [2.75, 3.05) is 6.54 Å². The number of nitrogens with zero attached hydrogens (tertiary/aromatic N) is 3. The van der Waals surface area contributed by atoms with E-state index in [-0.39, 0.29) is 0 Å². The van der Waals surface area contributed by atoms with Crippen molar-refractivity contribution in [1.29, 1.82) is 0 Å². The molecule has 0 unspecified atom stereocenters. The Balaban J connectivity index is 1.42. The van der Waals surface area contributed by atoms with E-state index in [1.165, 1.54) is 31.2 Å². The number of aromatic nitrogens is 3. The van der Waals surface area contributed by atoms with E-state index in [1.54, 1.807) is 0 Å². The van der Waals surface area contributed by atoms with Gasteiger partial charge in [0.05, 0.1) is 11.7 Å². The number of pyridine rings is 1. The van der Waals surface area contributed by atoms with E-state index < -0.39 is 0 Å². The van der Waals surface area contributed by atoms with E-state index in [0.717, 1.165) is 25.2 Å². The van der Waals surface area contributed by atoms with Crippen molar-refractivity contribution in [2.45, 2.75) is 44.7 Å². The Morgan fingerprint density at radius 1 is 1.15 bits per heavy atom. The molecule has 0 atom stereocenters. The van der Waals surface area contributed by atoms with Crippen LogP contribution in [0.25, 0.3) is 0 Å². The molecule has 2 aromatic heterocycles. The van der Waals surface area contributed by atoms with Crippen molar-refractivity contribution < 1.29 is 0 Å². The largest absolute Gasteiger partial charge is 0.311 e. The van der Waals surface area contributed by atoms with E-state index in [1.807, 2.05) is 12.4 Å². The maximum atomic E-state index is 4.68. The monoisotopic (exact) mass is 270 g/mol. The number of hydrogen-bond acceptors (Lipinski definition) is 3. The highest BCUT2D eigenvalue weighted by Gasteiger charge is 2.17. The molecule has 106 valence electrons. The molecule has 0 amide bonds. The molecule has 3 rings (SSSR count).